The molecule has 236 valence electrons. The van der Waals surface area contributed by atoms with Gasteiger partial charge in [-0.05, 0) is 78.4 Å². The summed E-state index contributed by atoms with van der Waals surface area (Å²) in [4.78, 5) is 57.4. The first kappa shape index (κ1) is 30.3. The number of rotatable bonds is 5. The largest absolute Gasteiger partial charge is 0.503 e. The van der Waals surface area contributed by atoms with Gasteiger partial charge in [-0.25, -0.2) is 4.39 Å². The molecule has 9 nitrogen and oxygen atoms in total. The molecule has 4 amide bonds. The lowest BCUT2D eigenvalue weighted by Gasteiger charge is -2.50. The fraction of sp³-hybridized carbons (Fsp3) is 0.294. The Balaban J connectivity index is 1.50. The lowest BCUT2D eigenvalue weighted by molar-refractivity contribution is -0.140. The Bertz CT molecular complexity index is 1850. The van der Waals surface area contributed by atoms with Crippen molar-refractivity contribution in [3.8, 4) is 11.5 Å². The van der Waals surface area contributed by atoms with Crippen LogP contribution in [0.4, 0.5) is 10.1 Å². The third kappa shape index (κ3) is 4.19. The van der Waals surface area contributed by atoms with Crippen molar-refractivity contribution in [2.24, 2.45) is 23.7 Å². The molecule has 3 aromatic rings. The minimum Gasteiger partial charge on any atom is -0.503 e. The fourth-order valence-electron chi connectivity index (χ4n) is 8.10. The summed E-state index contributed by atoms with van der Waals surface area (Å²) >= 11 is 12.8. The van der Waals surface area contributed by atoms with Crippen LogP contribution in [-0.2, 0) is 24.6 Å². The number of phenols is 1. The van der Waals surface area contributed by atoms with Crippen molar-refractivity contribution in [3.63, 3.8) is 0 Å². The number of ether oxygens (including phenoxy) is 1. The van der Waals surface area contributed by atoms with Crippen LogP contribution in [0.3, 0.4) is 0 Å². The number of allylic oxidation sites excluding steroid dienone is 2. The summed E-state index contributed by atoms with van der Waals surface area (Å²) in [6.45, 7) is 0. The SMILES string of the molecule is COc1cc([C@H]2C3=CC[C@@H]4C(=O)N(C)C(=O)[C@@H]4[C@@H]3C[C@H]3C(=O)N(Nc4ccc(F)cc4)C(=O)[C@@]23c2ccc(Cl)cc2)cc(Cl)c1O. The molecule has 3 aromatic carbocycles. The minimum atomic E-state index is -1.58. The van der Waals surface area contributed by atoms with Crippen LogP contribution in [0.2, 0.25) is 10.0 Å². The second kappa shape index (κ2) is 10.8. The molecule has 46 heavy (non-hydrogen) atoms. The van der Waals surface area contributed by atoms with E-state index < -0.39 is 52.6 Å². The van der Waals surface area contributed by atoms with Gasteiger partial charge in [0.05, 0.1) is 41.0 Å². The van der Waals surface area contributed by atoms with Gasteiger partial charge in [-0.3, -0.25) is 29.5 Å². The second-order valence-electron chi connectivity index (χ2n) is 12.2. The zero-order valence-electron chi connectivity index (χ0n) is 24.7. The summed E-state index contributed by atoms with van der Waals surface area (Å²) < 4.78 is 19.2. The number of carbonyl (C=O) groups is 4. The molecule has 0 radical (unpaired) electrons. The van der Waals surface area contributed by atoms with Gasteiger partial charge in [0.2, 0.25) is 11.8 Å². The van der Waals surface area contributed by atoms with E-state index in [4.69, 9.17) is 27.9 Å². The smallest absolute Gasteiger partial charge is 0.260 e. The Kier molecular flexibility index (Phi) is 7.13. The fourth-order valence-corrected chi connectivity index (χ4v) is 8.45. The second-order valence-corrected chi connectivity index (χ2v) is 13.0. The number of nitrogens with one attached hydrogen (secondary N) is 1. The average Bonchev–Trinajstić information content (AvgIpc) is 3.40. The predicted octanol–water partition coefficient (Wildman–Crippen LogP) is 5.46. The highest BCUT2D eigenvalue weighted by Crippen LogP contribution is 2.64. The highest BCUT2D eigenvalue weighted by atomic mass is 35.5. The molecule has 7 rings (SSSR count). The molecule has 4 aliphatic rings. The number of benzene rings is 3. The van der Waals surface area contributed by atoms with Crippen LogP contribution in [0.15, 0.2) is 72.3 Å². The maximum atomic E-state index is 15.1. The third-order valence-corrected chi connectivity index (χ3v) is 10.6. The van der Waals surface area contributed by atoms with Gasteiger partial charge < -0.3 is 9.84 Å². The lowest BCUT2D eigenvalue weighted by Crippen LogP contribution is -2.53. The summed E-state index contributed by atoms with van der Waals surface area (Å²) in [7, 11) is 2.84. The summed E-state index contributed by atoms with van der Waals surface area (Å²) in [6, 6.07) is 15.1. The topological polar surface area (TPSA) is 116 Å². The van der Waals surface area contributed by atoms with E-state index in [9.17, 15) is 23.9 Å². The molecule has 0 aromatic heterocycles. The van der Waals surface area contributed by atoms with E-state index in [0.29, 0.717) is 21.8 Å². The van der Waals surface area contributed by atoms with Crippen LogP contribution >= 0.6 is 23.2 Å². The Morgan fingerprint density at radius 1 is 0.957 bits per heavy atom. The quantitative estimate of drug-likeness (QED) is 0.275. The van der Waals surface area contributed by atoms with E-state index in [-0.39, 0.29) is 41.2 Å². The first-order valence-corrected chi connectivity index (χ1v) is 15.5. The molecule has 0 unspecified atom stereocenters. The lowest BCUT2D eigenvalue weighted by atomic mass is 9.49. The molecule has 2 aliphatic heterocycles. The van der Waals surface area contributed by atoms with Crippen molar-refractivity contribution in [2.45, 2.75) is 24.2 Å². The molecule has 2 saturated heterocycles. The molecule has 2 heterocycles. The van der Waals surface area contributed by atoms with Crippen molar-refractivity contribution < 1.29 is 33.4 Å². The summed E-state index contributed by atoms with van der Waals surface area (Å²) in [5, 5.41) is 12.0. The number of methoxy groups -OCH3 is 1. The van der Waals surface area contributed by atoms with Gasteiger partial charge in [0, 0.05) is 18.0 Å². The number of amides is 4. The molecule has 2 aliphatic carbocycles. The number of phenolic OH excluding ortho intramolecular Hbond substituents is 1. The Labute approximate surface area is 273 Å². The van der Waals surface area contributed by atoms with E-state index >= 15 is 4.79 Å². The monoisotopic (exact) mass is 663 g/mol. The molecule has 3 fully saturated rings. The van der Waals surface area contributed by atoms with E-state index in [1.165, 1.54) is 44.5 Å². The average molecular weight is 665 g/mol. The van der Waals surface area contributed by atoms with Gasteiger partial charge in [-0.2, -0.15) is 5.01 Å². The molecular formula is C34H28Cl2FN3O6. The van der Waals surface area contributed by atoms with Crippen LogP contribution in [0, 0.1) is 29.5 Å². The number of halogens is 3. The highest BCUT2D eigenvalue weighted by Gasteiger charge is 2.70. The van der Waals surface area contributed by atoms with E-state index in [1.54, 1.807) is 30.3 Å². The van der Waals surface area contributed by atoms with Gasteiger partial charge in [0.25, 0.3) is 11.8 Å². The third-order valence-electron chi connectivity index (χ3n) is 10.1. The van der Waals surface area contributed by atoms with Crippen molar-refractivity contribution >= 4 is 52.5 Å². The maximum Gasteiger partial charge on any atom is 0.260 e. The first-order valence-electron chi connectivity index (χ1n) is 14.7. The van der Waals surface area contributed by atoms with Gasteiger partial charge in [0.1, 0.15) is 5.82 Å². The van der Waals surface area contributed by atoms with E-state index in [0.717, 1.165) is 15.5 Å². The van der Waals surface area contributed by atoms with Crippen molar-refractivity contribution in [3.05, 3.63) is 99.3 Å². The van der Waals surface area contributed by atoms with Crippen molar-refractivity contribution in [2.75, 3.05) is 19.6 Å². The summed E-state index contributed by atoms with van der Waals surface area (Å²) in [5.41, 5.74) is 3.33. The molecule has 2 N–H and O–H groups in total. The van der Waals surface area contributed by atoms with E-state index in [2.05, 4.69) is 5.43 Å². The minimum absolute atomic E-state index is 0.0292. The number of hydrogen-bond donors (Lipinski definition) is 2. The van der Waals surface area contributed by atoms with Crippen molar-refractivity contribution in [1.82, 2.24) is 9.91 Å². The Morgan fingerprint density at radius 3 is 2.33 bits per heavy atom. The van der Waals surface area contributed by atoms with Crippen LogP contribution in [0.5, 0.6) is 11.5 Å². The van der Waals surface area contributed by atoms with Gasteiger partial charge >= 0.3 is 0 Å². The standard InChI is InChI=1S/C34H28Cl2FN3O6/c1-39-30(42)22-12-11-21-23(27(22)32(39)44)15-24-31(43)40(38-20-9-7-19(37)8-10-20)33(45)34(24,17-3-5-18(35)6-4-17)28(21)16-13-25(36)29(41)26(14-16)46-2/h3-11,13-14,22-24,27-28,38,41H,12,15H2,1-2H3/t22-,23+,24-,27-,28-,34+/m0/s1. The number of carbonyl (C=O) groups excluding carboxylic acids is 4. The molecule has 6 atom stereocenters. The summed E-state index contributed by atoms with van der Waals surface area (Å²) in [6.07, 6.45) is 2.29. The number of imide groups is 2. The molecule has 12 heteroatoms. The van der Waals surface area contributed by atoms with Crippen LogP contribution in [-0.4, -0.2) is 52.8 Å². The van der Waals surface area contributed by atoms with E-state index in [1.807, 2.05) is 6.08 Å². The number of hydrogen-bond acceptors (Lipinski definition) is 7. The number of hydrazine groups is 1. The highest BCUT2D eigenvalue weighted by molar-refractivity contribution is 6.32. The van der Waals surface area contributed by atoms with Gasteiger partial charge in [-0.15, -0.1) is 0 Å². The normalized spacial score (nSPS) is 28.5. The van der Waals surface area contributed by atoms with Gasteiger partial charge in [0.15, 0.2) is 11.5 Å². The first-order chi connectivity index (χ1) is 22.0. The molecule has 0 bridgehead atoms. The number of fused-ring (bicyclic) bond motifs is 4. The van der Waals surface area contributed by atoms with Gasteiger partial charge in [-0.1, -0.05) is 47.0 Å². The Morgan fingerprint density at radius 2 is 1.65 bits per heavy atom. The van der Waals surface area contributed by atoms with Crippen molar-refractivity contribution in [1.29, 1.82) is 0 Å². The van der Waals surface area contributed by atoms with Crippen LogP contribution < -0.4 is 10.2 Å². The molecular weight excluding hydrogens is 636 g/mol. The number of anilines is 1. The maximum absolute atomic E-state index is 15.1. The number of aromatic hydroxyl groups is 1. The zero-order chi connectivity index (χ0) is 32.7. The summed E-state index contributed by atoms with van der Waals surface area (Å²) in [5.74, 6) is -6.20. The Hall–Kier alpha value is -4.41. The van der Waals surface area contributed by atoms with Crippen LogP contribution in [0.1, 0.15) is 29.9 Å². The van der Waals surface area contributed by atoms with Crippen LogP contribution in [0.25, 0.3) is 0 Å². The predicted molar refractivity (Wildman–Crippen MR) is 166 cm³/mol. The molecule has 0 spiro atoms. The zero-order valence-corrected chi connectivity index (χ0v) is 26.2. The number of nitrogens with zero attached hydrogens (tertiary/aromatic N) is 2. The number of likely N-dealkylation sites (tertiary alicyclic amines) is 1. The molecule has 1 saturated carbocycles.